The Balaban J connectivity index is 1.45. The molecule has 0 bridgehead atoms. The molecule has 164 valence electrons. The summed E-state index contributed by atoms with van der Waals surface area (Å²) in [6.07, 6.45) is 2.50. The largest absolute Gasteiger partial charge is 0.444 e. The minimum atomic E-state index is -0.511. The number of fused-ring (bicyclic) bond motifs is 1. The number of hydrogen-bond acceptors (Lipinski definition) is 6. The predicted octanol–water partition coefficient (Wildman–Crippen LogP) is 4.10. The average molecular weight is 443 g/mol. The van der Waals surface area contributed by atoms with Gasteiger partial charge in [-0.2, -0.15) is 0 Å². The number of anilines is 1. The molecule has 2 aliphatic rings. The van der Waals surface area contributed by atoms with Gasteiger partial charge in [-0.3, -0.25) is 4.79 Å². The van der Waals surface area contributed by atoms with Gasteiger partial charge in [0.15, 0.2) is 5.78 Å². The molecular weight excluding hydrogens is 416 g/mol. The van der Waals surface area contributed by atoms with Crippen LogP contribution >= 0.6 is 11.6 Å². The van der Waals surface area contributed by atoms with Crippen LogP contribution in [-0.2, 0) is 11.2 Å². The minimum Gasteiger partial charge on any atom is -0.444 e. The van der Waals surface area contributed by atoms with Crippen molar-refractivity contribution in [2.24, 2.45) is 0 Å². The van der Waals surface area contributed by atoms with Crippen LogP contribution in [0.1, 0.15) is 54.7 Å². The molecule has 1 atom stereocenters. The normalized spacial score (nSPS) is 19.2. The summed E-state index contributed by atoms with van der Waals surface area (Å²) in [7, 11) is 0. The summed E-state index contributed by atoms with van der Waals surface area (Å²) in [4.78, 5) is 37.9. The van der Waals surface area contributed by atoms with E-state index in [4.69, 9.17) is 21.3 Å². The van der Waals surface area contributed by atoms with Gasteiger partial charge in [-0.1, -0.05) is 23.7 Å². The summed E-state index contributed by atoms with van der Waals surface area (Å²) in [6, 6.07) is 7.66. The SMILES string of the molecule is CC(C)(C)OC(=O)N1CCN(c2ncc3c(n2)CC(c2ccc(Cl)cc2)CC3=O)CC1. The lowest BCUT2D eigenvalue weighted by Crippen LogP contribution is -2.50. The summed E-state index contributed by atoms with van der Waals surface area (Å²) in [5.41, 5.74) is 1.98. The second-order valence-corrected chi connectivity index (χ2v) is 9.50. The van der Waals surface area contributed by atoms with Crippen molar-refractivity contribution in [1.82, 2.24) is 14.9 Å². The molecule has 2 aromatic rings. The number of amides is 1. The van der Waals surface area contributed by atoms with Gasteiger partial charge in [0.05, 0.1) is 11.3 Å². The molecule has 1 saturated heterocycles. The molecule has 8 heteroatoms. The third-order valence-corrected chi connectivity index (χ3v) is 5.83. The van der Waals surface area contributed by atoms with Crippen LogP contribution in [-0.4, -0.2) is 58.5 Å². The van der Waals surface area contributed by atoms with Crippen molar-refractivity contribution in [3.63, 3.8) is 0 Å². The number of carbonyl (C=O) groups excluding carboxylic acids is 2. The highest BCUT2D eigenvalue weighted by atomic mass is 35.5. The van der Waals surface area contributed by atoms with E-state index in [1.807, 2.05) is 45.0 Å². The summed E-state index contributed by atoms with van der Waals surface area (Å²) < 4.78 is 5.46. The third-order valence-electron chi connectivity index (χ3n) is 5.58. The van der Waals surface area contributed by atoms with Crippen LogP contribution in [0.3, 0.4) is 0 Å². The number of Topliss-reactive ketones (excluding diaryl/α,β-unsaturated/α-hetero) is 1. The quantitative estimate of drug-likeness (QED) is 0.697. The van der Waals surface area contributed by atoms with E-state index in [2.05, 4.69) is 9.88 Å². The van der Waals surface area contributed by atoms with Crippen molar-refractivity contribution in [2.75, 3.05) is 31.1 Å². The molecule has 1 aromatic carbocycles. The van der Waals surface area contributed by atoms with Gasteiger partial charge >= 0.3 is 6.09 Å². The predicted molar refractivity (Wildman–Crippen MR) is 119 cm³/mol. The molecule has 0 spiro atoms. The molecule has 1 fully saturated rings. The molecule has 1 aliphatic heterocycles. The van der Waals surface area contributed by atoms with Gasteiger partial charge in [0.2, 0.25) is 5.95 Å². The summed E-state index contributed by atoms with van der Waals surface area (Å²) in [6.45, 7) is 7.91. The smallest absolute Gasteiger partial charge is 0.410 e. The lowest BCUT2D eigenvalue weighted by molar-refractivity contribution is 0.0240. The lowest BCUT2D eigenvalue weighted by atomic mass is 9.82. The highest BCUT2D eigenvalue weighted by Crippen LogP contribution is 2.33. The van der Waals surface area contributed by atoms with Crippen LogP contribution < -0.4 is 4.90 Å². The second kappa shape index (κ2) is 8.46. The zero-order valence-electron chi connectivity index (χ0n) is 18.1. The number of carbonyl (C=O) groups is 2. The highest BCUT2D eigenvalue weighted by Gasteiger charge is 2.30. The van der Waals surface area contributed by atoms with Gasteiger partial charge in [0.1, 0.15) is 5.60 Å². The van der Waals surface area contributed by atoms with Crippen molar-refractivity contribution < 1.29 is 14.3 Å². The molecule has 7 nitrogen and oxygen atoms in total. The van der Waals surface area contributed by atoms with Crippen LogP contribution in [0, 0.1) is 0 Å². The first-order chi connectivity index (χ1) is 14.7. The molecule has 1 amide bonds. The second-order valence-electron chi connectivity index (χ2n) is 9.06. The van der Waals surface area contributed by atoms with Crippen LogP contribution in [0.15, 0.2) is 30.5 Å². The van der Waals surface area contributed by atoms with Gasteiger partial charge in [-0.25, -0.2) is 14.8 Å². The molecule has 1 unspecified atom stereocenters. The van der Waals surface area contributed by atoms with E-state index in [0.717, 1.165) is 11.3 Å². The highest BCUT2D eigenvalue weighted by molar-refractivity contribution is 6.30. The topological polar surface area (TPSA) is 75.6 Å². The Labute approximate surface area is 187 Å². The maximum Gasteiger partial charge on any atom is 0.410 e. The summed E-state index contributed by atoms with van der Waals surface area (Å²) in [5, 5.41) is 0.682. The Kier molecular flexibility index (Phi) is 5.88. The number of ether oxygens (including phenoxy) is 1. The maximum atomic E-state index is 12.7. The van der Waals surface area contributed by atoms with Crippen molar-refractivity contribution in [2.45, 2.75) is 45.1 Å². The van der Waals surface area contributed by atoms with Crippen LogP contribution in [0.4, 0.5) is 10.7 Å². The fourth-order valence-corrected chi connectivity index (χ4v) is 4.10. The molecule has 0 N–H and O–H groups in total. The molecular formula is C23H27ClN4O3. The van der Waals surface area contributed by atoms with Crippen LogP contribution in [0.25, 0.3) is 0 Å². The van der Waals surface area contributed by atoms with Gasteiger partial charge < -0.3 is 14.5 Å². The van der Waals surface area contributed by atoms with Gasteiger partial charge in [0, 0.05) is 43.8 Å². The van der Waals surface area contributed by atoms with Gasteiger partial charge in [-0.15, -0.1) is 0 Å². The molecule has 1 aliphatic carbocycles. The zero-order valence-corrected chi connectivity index (χ0v) is 18.9. The van der Waals surface area contributed by atoms with Crippen molar-refractivity contribution in [3.8, 4) is 0 Å². The van der Waals surface area contributed by atoms with Crippen LogP contribution in [0.5, 0.6) is 0 Å². The number of ketones is 1. The Morgan fingerprint density at radius 2 is 1.77 bits per heavy atom. The monoisotopic (exact) mass is 442 g/mol. The molecule has 31 heavy (non-hydrogen) atoms. The fraction of sp³-hybridized carbons (Fsp3) is 0.478. The molecule has 0 saturated carbocycles. The Bertz CT molecular complexity index is 979. The first kappa shape index (κ1) is 21.6. The molecule has 1 aromatic heterocycles. The number of piperazine rings is 1. The lowest BCUT2D eigenvalue weighted by Gasteiger charge is -2.36. The Morgan fingerprint density at radius 3 is 2.42 bits per heavy atom. The van der Waals surface area contributed by atoms with E-state index in [9.17, 15) is 9.59 Å². The molecule has 0 radical (unpaired) electrons. The summed E-state index contributed by atoms with van der Waals surface area (Å²) in [5.74, 6) is 0.763. The van der Waals surface area contributed by atoms with Crippen LogP contribution in [0.2, 0.25) is 5.02 Å². The Hall–Kier alpha value is -2.67. The Morgan fingerprint density at radius 1 is 1.10 bits per heavy atom. The van der Waals surface area contributed by atoms with Crippen molar-refractivity contribution in [1.29, 1.82) is 0 Å². The van der Waals surface area contributed by atoms with E-state index in [0.29, 0.717) is 55.6 Å². The van der Waals surface area contributed by atoms with E-state index >= 15 is 0 Å². The van der Waals surface area contributed by atoms with Crippen molar-refractivity contribution in [3.05, 3.63) is 52.3 Å². The number of rotatable bonds is 2. The van der Waals surface area contributed by atoms with Gasteiger partial charge in [-0.05, 0) is 50.8 Å². The first-order valence-corrected chi connectivity index (χ1v) is 10.9. The van der Waals surface area contributed by atoms with E-state index < -0.39 is 5.60 Å². The van der Waals surface area contributed by atoms with E-state index in [1.54, 1.807) is 11.1 Å². The maximum absolute atomic E-state index is 12.7. The molecule has 4 rings (SSSR count). The number of halogens is 1. The first-order valence-electron chi connectivity index (χ1n) is 10.6. The zero-order chi connectivity index (χ0) is 22.2. The number of nitrogens with zero attached hydrogens (tertiary/aromatic N) is 4. The number of aromatic nitrogens is 2. The number of benzene rings is 1. The fourth-order valence-electron chi connectivity index (χ4n) is 3.97. The summed E-state index contributed by atoms with van der Waals surface area (Å²) >= 11 is 6.00. The third kappa shape index (κ3) is 4.98. The van der Waals surface area contributed by atoms with E-state index in [1.165, 1.54) is 0 Å². The van der Waals surface area contributed by atoms with Gasteiger partial charge in [0.25, 0.3) is 0 Å². The van der Waals surface area contributed by atoms with E-state index in [-0.39, 0.29) is 17.8 Å². The average Bonchev–Trinajstić information content (AvgIpc) is 2.73. The van der Waals surface area contributed by atoms with Crippen molar-refractivity contribution >= 4 is 29.4 Å². The minimum absolute atomic E-state index is 0.0718. The molecule has 2 heterocycles. The number of hydrogen-bond donors (Lipinski definition) is 0. The standard InChI is InChI=1S/C23H27ClN4O3/c1-23(2,3)31-22(30)28-10-8-27(9-11-28)21-25-14-18-19(26-21)12-16(13-20(18)29)15-4-6-17(24)7-5-15/h4-7,14,16H,8-13H2,1-3H3.